The fourth-order valence-corrected chi connectivity index (χ4v) is 3.05. The number of aryl methyl sites for hydroxylation is 1. The minimum atomic E-state index is -4.56. The zero-order valence-corrected chi connectivity index (χ0v) is 14.9. The molecule has 1 saturated heterocycles. The van der Waals surface area contributed by atoms with Crippen LogP contribution in [0.2, 0.25) is 5.02 Å². The molecule has 1 aromatic carbocycles. The molecule has 0 saturated carbocycles. The van der Waals surface area contributed by atoms with Gasteiger partial charge in [-0.2, -0.15) is 18.3 Å². The lowest BCUT2D eigenvalue weighted by molar-refractivity contribution is -0.141. The van der Waals surface area contributed by atoms with E-state index in [1.54, 1.807) is 4.90 Å². The summed E-state index contributed by atoms with van der Waals surface area (Å²) in [4.78, 5) is 16.3. The predicted octanol–water partition coefficient (Wildman–Crippen LogP) is 3.05. The van der Waals surface area contributed by atoms with Crippen LogP contribution in [0.4, 0.5) is 13.2 Å². The Morgan fingerprint density at radius 1 is 1.15 bits per heavy atom. The molecule has 0 radical (unpaired) electrons. The fraction of sp³-hybridized carbons (Fsp3) is 0.412. The van der Waals surface area contributed by atoms with Crippen molar-refractivity contribution in [2.24, 2.45) is 7.05 Å². The van der Waals surface area contributed by atoms with Crippen molar-refractivity contribution in [1.29, 1.82) is 0 Å². The summed E-state index contributed by atoms with van der Waals surface area (Å²) in [6.07, 6.45) is -4.56. The second-order valence-electron chi connectivity index (χ2n) is 6.23. The maximum Gasteiger partial charge on any atom is 0.435 e. The summed E-state index contributed by atoms with van der Waals surface area (Å²) in [7, 11) is 1.35. The molecule has 0 bridgehead atoms. The molecule has 1 fully saturated rings. The van der Waals surface area contributed by atoms with E-state index in [0.717, 1.165) is 22.9 Å². The lowest BCUT2D eigenvalue weighted by Crippen LogP contribution is -2.48. The van der Waals surface area contributed by atoms with Crippen LogP contribution in [0.15, 0.2) is 30.3 Å². The number of halogens is 4. The molecular formula is C17H18ClF3N4O. The van der Waals surface area contributed by atoms with E-state index in [4.69, 9.17) is 11.6 Å². The van der Waals surface area contributed by atoms with Gasteiger partial charge in [0.25, 0.3) is 5.91 Å². The minimum absolute atomic E-state index is 0.0523. The van der Waals surface area contributed by atoms with Crippen LogP contribution in [0.25, 0.3) is 0 Å². The van der Waals surface area contributed by atoms with Crippen LogP contribution < -0.4 is 0 Å². The first-order chi connectivity index (χ1) is 12.2. The highest BCUT2D eigenvalue weighted by Crippen LogP contribution is 2.28. The van der Waals surface area contributed by atoms with Crippen LogP contribution in [0.3, 0.4) is 0 Å². The van der Waals surface area contributed by atoms with Crippen LogP contribution in [0.5, 0.6) is 0 Å². The van der Waals surface area contributed by atoms with Gasteiger partial charge >= 0.3 is 6.18 Å². The molecule has 0 atom stereocenters. The summed E-state index contributed by atoms with van der Waals surface area (Å²) >= 11 is 5.87. The van der Waals surface area contributed by atoms with E-state index in [0.29, 0.717) is 31.2 Å². The molecule has 1 aliphatic heterocycles. The molecule has 0 aliphatic carbocycles. The zero-order chi connectivity index (χ0) is 18.9. The second kappa shape index (κ2) is 7.28. The van der Waals surface area contributed by atoms with Gasteiger partial charge in [0.1, 0.15) is 5.69 Å². The SMILES string of the molecule is Cn1nc(C(F)(F)F)cc1C(=O)N1CCN(Cc2ccc(Cl)cc2)CC1. The number of piperazine rings is 1. The summed E-state index contributed by atoms with van der Waals surface area (Å²) in [5.74, 6) is -0.429. The van der Waals surface area contributed by atoms with Crippen LogP contribution >= 0.6 is 11.6 Å². The molecule has 5 nitrogen and oxygen atoms in total. The summed E-state index contributed by atoms with van der Waals surface area (Å²) in [6, 6.07) is 8.37. The number of carbonyl (C=O) groups is 1. The molecule has 3 rings (SSSR count). The lowest BCUT2D eigenvalue weighted by atomic mass is 10.2. The van der Waals surface area contributed by atoms with E-state index >= 15 is 0 Å². The maximum absolute atomic E-state index is 12.8. The first-order valence-corrected chi connectivity index (χ1v) is 8.49. The van der Waals surface area contributed by atoms with Gasteiger partial charge in [-0.15, -0.1) is 0 Å². The molecule has 9 heteroatoms. The van der Waals surface area contributed by atoms with Crippen molar-refractivity contribution in [3.8, 4) is 0 Å². The molecule has 0 N–H and O–H groups in total. The number of nitrogens with zero attached hydrogens (tertiary/aromatic N) is 4. The maximum atomic E-state index is 12.8. The van der Waals surface area contributed by atoms with Gasteiger partial charge in [0, 0.05) is 50.9 Å². The van der Waals surface area contributed by atoms with Gasteiger partial charge in [-0.1, -0.05) is 23.7 Å². The average molecular weight is 387 g/mol. The monoisotopic (exact) mass is 386 g/mol. The van der Waals surface area contributed by atoms with Gasteiger partial charge in [-0.25, -0.2) is 0 Å². The van der Waals surface area contributed by atoms with Gasteiger partial charge in [-0.3, -0.25) is 14.4 Å². The largest absolute Gasteiger partial charge is 0.435 e. The highest BCUT2D eigenvalue weighted by Gasteiger charge is 2.36. The van der Waals surface area contributed by atoms with Crippen LogP contribution in [0.1, 0.15) is 21.7 Å². The fourth-order valence-electron chi connectivity index (χ4n) is 2.93. The Kier molecular flexibility index (Phi) is 5.24. The normalized spacial score (nSPS) is 16.1. The van der Waals surface area contributed by atoms with Crippen molar-refractivity contribution >= 4 is 17.5 Å². The third-order valence-corrected chi connectivity index (χ3v) is 4.62. The summed E-state index contributed by atoms with van der Waals surface area (Å²) in [5, 5.41) is 4.08. The van der Waals surface area contributed by atoms with E-state index in [1.165, 1.54) is 7.05 Å². The number of hydrogen-bond donors (Lipinski definition) is 0. The van der Waals surface area contributed by atoms with Crippen molar-refractivity contribution in [1.82, 2.24) is 19.6 Å². The van der Waals surface area contributed by atoms with Gasteiger partial charge < -0.3 is 4.90 Å². The highest BCUT2D eigenvalue weighted by molar-refractivity contribution is 6.30. The predicted molar refractivity (Wildman–Crippen MR) is 90.8 cm³/mol. The highest BCUT2D eigenvalue weighted by atomic mass is 35.5. The number of alkyl halides is 3. The molecule has 0 unspecified atom stereocenters. The van der Waals surface area contributed by atoms with Crippen molar-refractivity contribution < 1.29 is 18.0 Å². The number of benzene rings is 1. The van der Waals surface area contributed by atoms with Crippen molar-refractivity contribution in [2.75, 3.05) is 26.2 Å². The van der Waals surface area contributed by atoms with E-state index < -0.39 is 17.8 Å². The molecule has 2 heterocycles. The number of rotatable bonds is 3. The van der Waals surface area contributed by atoms with Gasteiger partial charge in [0.15, 0.2) is 5.69 Å². The molecule has 1 aliphatic rings. The van der Waals surface area contributed by atoms with Crippen molar-refractivity contribution in [2.45, 2.75) is 12.7 Å². The van der Waals surface area contributed by atoms with E-state index in [2.05, 4.69) is 10.00 Å². The molecule has 1 amide bonds. The van der Waals surface area contributed by atoms with E-state index in [-0.39, 0.29) is 5.69 Å². The number of carbonyl (C=O) groups excluding carboxylic acids is 1. The Bertz CT molecular complexity index is 780. The topological polar surface area (TPSA) is 41.4 Å². The first kappa shape index (κ1) is 18.7. The number of hydrogen-bond acceptors (Lipinski definition) is 3. The number of amides is 1. The number of aromatic nitrogens is 2. The van der Waals surface area contributed by atoms with Crippen LogP contribution in [-0.2, 0) is 19.8 Å². The molecule has 2 aromatic rings. The van der Waals surface area contributed by atoms with Gasteiger partial charge in [0.2, 0.25) is 0 Å². The third kappa shape index (κ3) is 4.19. The smallest absolute Gasteiger partial charge is 0.335 e. The average Bonchev–Trinajstić information content (AvgIpc) is 2.99. The molecule has 1 aromatic heterocycles. The first-order valence-electron chi connectivity index (χ1n) is 8.11. The summed E-state index contributed by atoms with van der Waals surface area (Å²) in [6.45, 7) is 2.96. The van der Waals surface area contributed by atoms with Gasteiger partial charge in [-0.05, 0) is 17.7 Å². The zero-order valence-electron chi connectivity index (χ0n) is 14.1. The lowest BCUT2D eigenvalue weighted by Gasteiger charge is -2.34. The molecule has 0 spiro atoms. The summed E-state index contributed by atoms with van der Waals surface area (Å²) < 4.78 is 39.3. The van der Waals surface area contributed by atoms with E-state index in [1.807, 2.05) is 24.3 Å². The van der Waals surface area contributed by atoms with Crippen LogP contribution in [-0.4, -0.2) is 51.7 Å². The Balaban J connectivity index is 1.60. The standard InChI is InChI=1S/C17H18ClF3N4O/c1-23-14(10-15(22-23)17(19,20)21)16(26)25-8-6-24(7-9-25)11-12-2-4-13(18)5-3-12/h2-5,10H,6-9,11H2,1H3. The molecule has 140 valence electrons. The Hall–Kier alpha value is -2.06. The Morgan fingerprint density at radius 2 is 1.77 bits per heavy atom. The van der Waals surface area contributed by atoms with Crippen LogP contribution in [0, 0.1) is 0 Å². The van der Waals surface area contributed by atoms with Crippen molar-refractivity contribution in [3.05, 3.63) is 52.3 Å². The quantitative estimate of drug-likeness (QED) is 0.814. The van der Waals surface area contributed by atoms with Gasteiger partial charge in [0.05, 0.1) is 0 Å². The third-order valence-electron chi connectivity index (χ3n) is 4.37. The van der Waals surface area contributed by atoms with Crippen molar-refractivity contribution in [3.63, 3.8) is 0 Å². The minimum Gasteiger partial charge on any atom is -0.335 e. The Morgan fingerprint density at radius 3 is 2.31 bits per heavy atom. The summed E-state index contributed by atoms with van der Waals surface area (Å²) in [5.41, 5.74) is 0.0174. The Labute approximate surface area is 153 Å². The van der Waals surface area contributed by atoms with E-state index in [9.17, 15) is 18.0 Å². The molecular weight excluding hydrogens is 369 g/mol. The molecule has 26 heavy (non-hydrogen) atoms. The second-order valence-corrected chi connectivity index (χ2v) is 6.67.